The second-order valence-corrected chi connectivity index (χ2v) is 17.6. The summed E-state index contributed by atoms with van der Waals surface area (Å²) < 4.78 is 6.11. The van der Waals surface area contributed by atoms with E-state index >= 15 is 0 Å². The minimum Gasteiger partial charge on any atom is -0.496 e. The van der Waals surface area contributed by atoms with E-state index in [2.05, 4.69) is 56.2 Å². The Morgan fingerprint density at radius 2 is 1.81 bits per heavy atom. The lowest BCUT2D eigenvalue weighted by Gasteiger charge is -2.62. The van der Waals surface area contributed by atoms with Crippen molar-refractivity contribution in [3.63, 3.8) is 0 Å². The molecular weight excluding hydrogens is 670 g/mol. The third-order valence-electron chi connectivity index (χ3n) is 12.5. The van der Waals surface area contributed by atoms with Gasteiger partial charge >= 0.3 is 0 Å². The lowest BCUT2D eigenvalue weighted by Crippen LogP contribution is -2.62. The molecule has 3 aliphatic carbocycles. The molecule has 0 radical (unpaired) electrons. The Bertz CT molecular complexity index is 1540. The van der Waals surface area contributed by atoms with Gasteiger partial charge < -0.3 is 35.2 Å². The van der Waals surface area contributed by atoms with Gasteiger partial charge in [-0.25, -0.2) is 0 Å². The van der Waals surface area contributed by atoms with Crippen molar-refractivity contribution in [1.29, 1.82) is 0 Å². The topological polar surface area (TPSA) is 130 Å². The van der Waals surface area contributed by atoms with E-state index in [1.165, 1.54) is 6.42 Å². The number of ether oxygens (including phenoxy) is 1. The van der Waals surface area contributed by atoms with Crippen LogP contribution in [-0.2, 0) is 16.2 Å². The first kappa shape index (κ1) is 41.4. The Morgan fingerprint density at radius 1 is 1.09 bits per heavy atom. The maximum Gasteiger partial charge on any atom is 0.240 e. The lowest BCUT2D eigenvalue weighted by molar-refractivity contribution is -0.183. The molecule has 5 N–H and O–H groups in total. The summed E-state index contributed by atoms with van der Waals surface area (Å²) in [5.41, 5.74) is 4.46. The highest BCUT2D eigenvalue weighted by Crippen LogP contribution is 2.61. The van der Waals surface area contributed by atoms with Crippen LogP contribution < -0.4 is 20.3 Å². The Kier molecular flexibility index (Phi) is 13.2. The lowest BCUT2D eigenvalue weighted by atomic mass is 9.45. The largest absolute Gasteiger partial charge is 0.496 e. The van der Waals surface area contributed by atoms with E-state index in [-0.39, 0.29) is 31.1 Å². The van der Waals surface area contributed by atoms with Gasteiger partial charge in [-0.05, 0) is 98.7 Å². The summed E-state index contributed by atoms with van der Waals surface area (Å²) in [4.78, 5) is 24.7. The van der Waals surface area contributed by atoms with Crippen LogP contribution in [0.15, 0.2) is 36.4 Å². The van der Waals surface area contributed by atoms with Crippen molar-refractivity contribution in [2.45, 2.75) is 104 Å². The third-order valence-corrected chi connectivity index (χ3v) is 12.5. The number of fused-ring (bicyclic) bond motifs is 2. The van der Waals surface area contributed by atoms with Crippen molar-refractivity contribution in [2.75, 3.05) is 53.4 Å². The number of benzene rings is 2. The number of aliphatic hydroxyl groups excluding tert-OH is 3. The number of hydroxylamine groups is 2. The van der Waals surface area contributed by atoms with Crippen LogP contribution in [0.3, 0.4) is 0 Å². The van der Waals surface area contributed by atoms with E-state index in [9.17, 15) is 20.1 Å². The van der Waals surface area contributed by atoms with Crippen LogP contribution in [0.5, 0.6) is 5.75 Å². The number of hydrogen-bond acceptors (Lipinski definition) is 10. The van der Waals surface area contributed by atoms with Crippen molar-refractivity contribution in [3.8, 4) is 16.9 Å². The molecule has 3 saturated carbocycles. The Morgan fingerprint density at radius 3 is 2.38 bits per heavy atom. The quantitative estimate of drug-likeness (QED) is 0.156. The Labute approximate surface area is 318 Å². The molecule has 4 aliphatic rings. The van der Waals surface area contributed by atoms with Gasteiger partial charge in [0.05, 0.1) is 26.4 Å². The molecule has 4 fully saturated rings. The first-order chi connectivity index (χ1) is 25.0. The van der Waals surface area contributed by atoms with Gasteiger partial charge in [0.15, 0.2) is 0 Å². The van der Waals surface area contributed by atoms with Crippen LogP contribution in [0.1, 0.15) is 78.2 Å². The van der Waals surface area contributed by atoms with Crippen molar-refractivity contribution >= 4 is 11.6 Å². The van der Waals surface area contributed by atoms with E-state index in [4.69, 9.17) is 9.57 Å². The summed E-state index contributed by atoms with van der Waals surface area (Å²) in [5.74, 6) is 1.77. The van der Waals surface area contributed by atoms with Gasteiger partial charge in [0.2, 0.25) is 5.91 Å². The van der Waals surface area contributed by atoms with E-state index in [1.54, 1.807) is 19.1 Å². The first-order valence-corrected chi connectivity index (χ1v) is 19.6. The maximum atomic E-state index is 14.3. The molecule has 1 unspecified atom stereocenters. The van der Waals surface area contributed by atoms with Gasteiger partial charge in [0.25, 0.3) is 0 Å². The average Bonchev–Trinajstić information content (AvgIpc) is 3.46. The average molecular weight is 738 g/mol. The van der Waals surface area contributed by atoms with Crippen LogP contribution in [0.2, 0.25) is 0 Å². The fourth-order valence-corrected chi connectivity index (χ4v) is 9.56. The predicted molar refractivity (Wildman–Crippen MR) is 210 cm³/mol. The van der Waals surface area contributed by atoms with Crippen LogP contribution in [0.25, 0.3) is 11.1 Å². The molecule has 53 heavy (non-hydrogen) atoms. The van der Waals surface area contributed by atoms with Gasteiger partial charge in [0, 0.05) is 55.5 Å². The predicted octanol–water partition coefficient (Wildman–Crippen LogP) is 4.65. The van der Waals surface area contributed by atoms with Gasteiger partial charge in [-0.2, -0.15) is 5.06 Å². The summed E-state index contributed by atoms with van der Waals surface area (Å²) in [7, 11) is 9.68. The fourth-order valence-electron chi connectivity index (χ4n) is 9.56. The van der Waals surface area contributed by atoms with E-state index in [0.717, 1.165) is 47.3 Å². The standard InChI is InChI=1S/C42H67N5O6/c1-24(2)15-31(22-45(7)8)43-40(50)29-16-28(17-32(18-29)46(9)10)33-14-12-13-27(39(33)52-11)21-47-38(37(26(4)49)36(23-48)53-47)41(51)44-35-20-30-19-34(25(35)3)42(30,5)6/h12-14,16-18,24-26,30-31,34-38,40,43,48-50H,15,19-23H2,1-11H3,(H,44,51)/t25-,26-,30+,31-,34-,35-,36-,37+,38-,40?/m0/s1. The normalized spacial score (nSPS) is 28.4. The molecule has 2 aromatic carbocycles. The van der Waals surface area contributed by atoms with Crippen LogP contribution in [-0.4, -0.2) is 110 Å². The molecule has 0 spiro atoms. The smallest absolute Gasteiger partial charge is 0.240 e. The summed E-state index contributed by atoms with van der Waals surface area (Å²) in [6.45, 7) is 13.6. The molecule has 6 rings (SSSR count). The molecule has 1 amide bonds. The number of anilines is 1. The molecule has 2 aromatic rings. The van der Waals surface area contributed by atoms with Gasteiger partial charge in [-0.1, -0.05) is 52.8 Å². The second kappa shape index (κ2) is 16.9. The number of carbonyl (C=O) groups excluding carboxylic acids is 1. The molecule has 11 nitrogen and oxygen atoms in total. The number of carbonyl (C=O) groups is 1. The summed E-state index contributed by atoms with van der Waals surface area (Å²) in [6.07, 6.45) is 0.560. The zero-order valence-electron chi connectivity index (χ0n) is 34.0. The van der Waals surface area contributed by atoms with E-state index < -0.39 is 30.4 Å². The second-order valence-electron chi connectivity index (χ2n) is 17.6. The molecule has 2 bridgehead atoms. The number of aliphatic hydroxyl groups is 3. The van der Waals surface area contributed by atoms with E-state index in [0.29, 0.717) is 34.8 Å². The number of nitrogens with one attached hydrogen (secondary N) is 2. The zero-order valence-corrected chi connectivity index (χ0v) is 34.0. The molecule has 10 atom stereocenters. The van der Waals surface area contributed by atoms with Crippen LogP contribution in [0.4, 0.5) is 5.69 Å². The minimum absolute atomic E-state index is 0.0494. The van der Waals surface area contributed by atoms with E-state index in [1.807, 2.05) is 63.4 Å². The number of hydrogen-bond donors (Lipinski definition) is 5. The van der Waals surface area contributed by atoms with Gasteiger partial charge in [0.1, 0.15) is 24.1 Å². The number of rotatable bonds is 16. The highest BCUT2D eigenvalue weighted by molar-refractivity contribution is 5.83. The minimum atomic E-state index is -0.888. The maximum absolute atomic E-state index is 14.3. The highest BCUT2D eigenvalue weighted by atomic mass is 16.7. The molecule has 1 aliphatic heterocycles. The SMILES string of the molecule is COc1c(CN2O[C@@H](CO)[C@@H]([C@H](C)O)[C@H]2C(=O)N[C@H]2C[C@H]3C[C@@H]([C@@H]2C)C3(C)C)cccc1-c1cc(C(O)N[C@@H](CC(C)C)CN(C)C)cc(N(C)C)c1. The molecule has 296 valence electrons. The van der Waals surface area contributed by atoms with Crippen molar-refractivity contribution < 1.29 is 29.7 Å². The number of amides is 1. The number of nitrogens with zero attached hydrogens (tertiary/aromatic N) is 3. The fraction of sp³-hybridized carbons (Fsp3) is 0.690. The third kappa shape index (κ3) is 8.88. The zero-order chi connectivity index (χ0) is 38.9. The Balaban J connectivity index is 1.45. The summed E-state index contributed by atoms with van der Waals surface area (Å²) in [6, 6.07) is 11.3. The number of para-hydroxylation sites is 1. The van der Waals surface area contributed by atoms with Crippen molar-refractivity contribution in [1.82, 2.24) is 20.6 Å². The van der Waals surface area contributed by atoms with Gasteiger partial charge in [-0.3, -0.25) is 14.9 Å². The molecular formula is C42H67N5O6. The number of methoxy groups -OCH3 is 1. The molecule has 0 aromatic heterocycles. The van der Waals surface area contributed by atoms with Crippen LogP contribution in [0, 0.1) is 35.0 Å². The highest BCUT2D eigenvalue weighted by Gasteiger charge is 2.57. The molecule has 1 saturated heterocycles. The number of likely N-dealkylation sites (N-methyl/N-ethyl adjacent to an activating group) is 1. The van der Waals surface area contributed by atoms with Crippen molar-refractivity contribution in [2.24, 2.45) is 35.0 Å². The monoisotopic (exact) mass is 738 g/mol. The Hall–Kier alpha value is -2.77. The van der Waals surface area contributed by atoms with Crippen molar-refractivity contribution in [3.05, 3.63) is 47.5 Å². The molecule has 11 heteroatoms. The summed E-state index contributed by atoms with van der Waals surface area (Å²) in [5, 5.41) is 41.3. The summed E-state index contributed by atoms with van der Waals surface area (Å²) >= 11 is 0. The first-order valence-electron chi connectivity index (χ1n) is 19.6. The van der Waals surface area contributed by atoms with Crippen LogP contribution >= 0.6 is 0 Å². The van der Waals surface area contributed by atoms with Gasteiger partial charge in [-0.15, -0.1) is 0 Å². The molecule has 1 heterocycles.